The lowest BCUT2D eigenvalue weighted by Crippen LogP contribution is -2.38. The van der Waals surface area contributed by atoms with Gasteiger partial charge in [0, 0.05) is 6.07 Å². The minimum absolute atomic E-state index is 0.226. The van der Waals surface area contributed by atoms with Crippen molar-refractivity contribution in [2.75, 3.05) is 17.6 Å². The van der Waals surface area contributed by atoms with Crippen molar-refractivity contribution in [2.24, 2.45) is 0 Å². The van der Waals surface area contributed by atoms with Crippen LogP contribution in [-0.4, -0.2) is 46.8 Å². The molecule has 0 aliphatic rings. The predicted octanol–water partition coefficient (Wildman–Crippen LogP) is 0.208. The van der Waals surface area contributed by atoms with E-state index in [-0.39, 0.29) is 17.2 Å². The summed E-state index contributed by atoms with van der Waals surface area (Å²) in [5.41, 5.74) is -0.226. The lowest BCUT2D eigenvalue weighted by Gasteiger charge is -2.15. The summed E-state index contributed by atoms with van der Waals surface area (Å²) in [4.78, 5) is 10.4. The first-order chi connectivity index (χ1) is 10.5. The van der Waals surface area contributed by atoms with Crippen molar-refractivity contribution < 1.29 is 31.5 Å². The van der Waals surface area contributed by atoms with Gasteiger partial charge >= 0.3 is 5.97 Å². The van der Waals surface area contributed by atoms with E-state index in [2.05, 4.69) is 4.72 Å². The molecule has 0 aromatic heterocycles. The molecule has 11 heteroatoms. The molecule has 0 fully saturated rings. The van der Waals surface area contributed by atoms with Crippen molar-refractivity contribution in [3.05, 3.63) is 18.2 Å². The van der Waals surface area contributed by atoms with Crippen molar-refractivity contribution in [3.8, 4) is 5.75 Å². The maximum Gasteiger partial charge on any atom is 0.321 e. The fraction of sp³-hybridized carbons (Fsp3) is 0.417. The number of carbonyl (C=O) groups is 1. The van der Waals surface area contributed by atoms with Gasteiger partial charge in [-0.05, 0) is 26.0 Å². The number of aliphatic carboxylic acids is 1. The van der Waals surface area contributed by atoms with Gasteiger partial charge in [-0.3, -0.25) is 9.52 Å². The van der Waals surface area contributed by atoms with E-state index in [0.29, 0.717) is 0 Å². The molecule has 0 amide bonds. The number of nitrogens with one attached hydrogen (secondary N) is 2. The second-order valence-electron chi connectivity index (χ2n) is 4.55. The molecule has 3 N–H and O–H groups in total. The van der Waals surface area contributed by atoms with Gasteiger partial charge in [-0.2, -0.15) is 4.72 Å². The number of methoxy groups -OCH3 is 1. The van der Waals surface area contributed by atoms with Crippen LogP contribution in [-0.2, 0) is 24.8 Å². The highest BCUT2D eigenvalue weighted by Gasteiger charge is 2.25. The van der Waals surface area contributed by atoms with E-state index < -0.39 is 37.0 Å². The summed E-state index contributed by atoms with van der Waals surface area (Å²) in [6, 6.07) is 2.28. The summed E-state index contributed by atoms with van der Waals surface area (Å²) in [7, 11) is -6.65. The molecule has 1 aromatic rings. The first-order valence-electron chi connectivity index (χ1n) is 6.46. The Morgan fingerprint density at radius 3 is 2.39 bits per heavy atom. The Balaban J connectivity index is 3.37. The van der Waals surface area contributed by atoms with Gasteiger partial charge in [0.15, 0.2) is 0 Å². The van der Waals surface area contributed by atoms with Crippen LogP contribution >= 0.6 is 0 Å². The van der Waals surface area contributed by atoms with Crippen LogP contribution in [0.5, 0.6) is 5.75 Å². The quantitative estimate of drug-likeness (QED) is 0.597. The number of benzene rings is 1. The zero-order chi connectivity index (χ0) is 17.8. The summed E-state index contributed by atoms with van der Waals surface area (Å²) in [6.45, 7) is 2.54. The topological polar surface area (TPSA) is 139 Å². The Morgan fingerprint density at radius 2 is 1.91 bits per heavy atom. The number of hydrogen-bond acceptors (Lipinski definition) is 6. The first-order valence-corrected chi connectivity index (χ1v) is 9.59. The molecule has 9 nitrogen and oxygen atoms in total. The van der Waals surface area contributed by atoms with Crippen LogP contribution in [0, 0.1) is 0 Å². The van der Waals surface area contributed by atoms with E-state index in [9.17, 15) is 21.6 Å². The molecule has 23 heavy (non-hydrogen) atoms. The molecule has 1 aromatic carbocycles. The second-order valence-corrected chi connectivity index (χ2v) is 8.24. The SMILES string of the molecule is CCS(=O)(=O)Nc1cc(OC)ccc1S(=O)(=O)NC(C)C(=O)O. The van der Waals surface area contributed by atoms with Crippen LogP contribution in [0.3, 0.4) is 0 Å². The third-order valence-electron chi connectivity index (χ3n) is 2.82. The monoisotopic (exact) mass is 366 g/mol. The average Bonchev–Trinajstić information content (AvgIpc) is 2.45. The molecule has 0 bridgehead atoms. The van der Waals surface area contributed by atoms with Crippen LogP contribution in [0.15, 0.2) is 23.1 Å². The third-order valence-corrected chi connectivity index (χ3v) is 5.71. The Kier molecular flexibility index (Phi) is 5.97. The predicted molar refractivity (Wildman–Crippen MR) is 83.5 cm³/mol. The van der Waals surface area contributed by atoms with Crippen LogP contribution < -0.4 is 14.2 Å². The van der Waals surface area contributed by atoms with Crippen molar-refractivity contribution in [3.63, 3.8) is 0 Å². The van der Waals surface area contributed by atoms with E-state index in [4.69, 9.17) is 9.84 Å². The Labute approximate surface area is 134 Å². The molecule has 0 saturated heterocycles. The molecule has 0 spiro atoms. The molecular weight excluding hydrogens is 348 g/mol. The maximum atomic E-state index is 12.3. The third kappa shape index (κ3) is 5.08. The van der Waals surface area contributed by atoms with E-state index in [1.54, 1.807) is 0 Å². The van der Waals surface area contributed by atoms with E-state index >= 15 is 0 Å². The first kappa shape index (κ1) is 19.2. The minimum atomic E-state index is -4.25. The van der Waals surface area contributed by atoms with Crippen LogP contribution in [0.2, 0.25) is 0 Å². The van der Waals surface area contributed by atoms with Crippen LogP contribution in [0.4, 0.5) is 5.69 Å². The molecule has 1 atom stereocenters. The molecular formula is C12H18N2O7S2. The molecule has 0 heterocycles. The maximum absolute atomic E-state index is 12.3. The minimum Gasteiger partial charge on any atom is -0.497 e. The number of rotatable bonds is 8. The van der Waals surface area contributed by atoms with Crippen molar-refractivity contribution in [1.82, 2.24) is 4.72 Å². The lowest BCUT2D eigenvalue weighted by molar-refractivity contribution is -0.138. The van der Waals surface area contributed by atoms with Gasteiger partial charge in [0.05, 0.1) is 18.6 Å². The Morgan fingerprint density at radius 1 is 1.30 bits per heavy atom. The number of anilines is 1. The molecule has 1 rings (SSSR count). The zero-order valence-electron chi connectivity index (χ0n) is 12.7. The largest absolute Gasteiger partial charge is 0.497 e. The number of carboxylic acids is 1. The van der Waals surface area contributed by atoms with Gasteiger partial charge in [0.1, 0.15) is 16.7 Å². The van der Waals surface area contributed by atoms with E-state index in [1.165, 1.54) is 26.2 Å². The fourth-order valence-corrected chi connectivity index (χ4v) is 3.59. The van der Waals surface area contributed by atoms with Crippen molar-refractivity contribution in [1.29, 1.82) is 0 Å². The Hall–Kier alpha value is -1.85. The number of ether oxygens (including phenoxy) is 1. The number of carboxylic acid groups (broad SMARTS) is 1. The Bertz CT molecular complexity index is 788. The zero-order valence-corrected chi connectivity index (χ0v) is 14.4. The molecule has 1 unspecified atom stereocenters. The summed E-state index contributed by atoms with van der Waals surface area (Å²) in [5, 5.41) is 8.81. The van der Waals surface area contributed by atoms with Crippen molar-refractivity contribution >= 4 is 31.7 Å². The molecule has 130 valence electrons. The summed E-state index contributed by atoms with van der Waals surface area (Å²) in [6.07, 6.45) is 0. The fourth-order valence-electron chi connectivity index (χ4n) is 1.54. The van der Waals surface area contributed by atoms with Gasteiger partial charge < -0.3 is 9.84 Å². The highest BCUT2D eigenvalue weighted by molar-refractivity contribution is 7.93. The summed E-state index contributed by atoms with van der Waals surface area (Å²) < 4.78 is 57.1. The van der Waals surface area contributed by atoms with Gasteiger partial charge in [-0.25, -0.2) is 16.8 Å². The number of hydrogen-bond donors (Lipinski definition) is 3. The molecule has 0 radical (unpaired) electrons. The van der Waals surface area contributed by atoms with Gasteiger partial charge in [0.2, 0.25) is 20.0 Å². The molecule has 0 aliphatic heterocycles. The van der Waals surface area contributed by atoms with Gasteiger partial charge in [-0.15, -0.1) is 0 Å². The average molecular weight is 366 g/mol. The molecule has 0 aliphatic carbocycles. The molecule has 0 saturated carbocycles. The van der Waals surface area contributed by atoms with Crippen LogP contribution in [0.25, 0.3) is 0 Å². The lowest BCUT2D eigenvalue weighted by atomic mass is 10.3. The number of sulfonamides is 2. The highest BCUT2D eigenvalue weighted by atomic mass is 32.2. The smallest absolute Gasteiger partial charge is 0.321 e. The second kappa shape index (κ2) is 7.15. The summed E-state index contributed by atoms with van der Waals surface area (Å²) in [5.74, 6) is -1.38. The van der Waals surface area contributed by atoms with Crippen LogP contribution in [0.1, 0.15) is 13.8 Å². The van der Waals surface area contributed by atoms with E-state index in [0.717, 1.165) is 13.0 Å². The van der Waals surface area contributed by atoms with Crippen molar-refractivity contribution in [2.45, 2.75) is 24.8 Å². The van der Waals surface area contributed by atoms with Gasteiger partial charge in [0.25, 0.3) is 0 Å². The summed E-state index contributed by atoms with van der Waals surface area (Å²) >= 11 is 0. The van der Waals surface area contributed by atoms with E-state index in [1.807, 2.05) is 4.72 Å². The standard InChI is InChI=1S/C12H18N2O7S2/c1-4-22(17,18)14-10-7-9(21-3)5-6-11(10)23(19,20)13-8(2)12(15)16/h5-8,13-14H,4H2,1-3H3,(H,15,16). The highest BCUT2D eigenvalue weighted by Crippen LogP contribution is 2.27. The normalized spacial score (nSPS) is 13.3. The van der Waals surface area contributed by atoms with Gasteiger partial charge in [-0.1, -0.05) is 0 Å².